The first kappa shape index (κ1) is 20.5. The van der Waals surface area contributed by atoms with Crippen LogP contribution < -0.4 is 10.2 Å². The van der Waals surface area contributed by atoms with Gasteiger partial charge in [0.05, 0.1) is 29.3 Å². The van der Waals surface area contributed by atoms with Gasteiger partial charge < -0.3 is 19.9 Å². The van der Waals surface area contributed by atoms with Crippen LogP contribution in [0.25, 0.3) is 5.69 Å². The van der Waals surface area contributed by atoms with E-state index in [1.54, 1.807) is 30.6 Å². The van der Waals surface area contributed by atoms with Crippen molar-refractivity contribution in [1.29, 1.82) is 0 Å². The molecule has 1 aliphatic heterocycles. The highest BCUT2D eigenvalue weighted by molar-refractivity contribution is 7.80. The number of hydrogen-bond donors (Lipinski definition) is 2. The van der Waals surface area contributed by atoms with Crippen molar-refractivity contribution in [1.82, 2.24) is 19.9 Å². The average molecular weight is 462 g/mol. The molecule has 0 radical (unpaired) electrons. The first-order valence-corrected chi connectivity index (χ1v) is 10.9. The number of rotatable bonds is 4. The van der Waals surface area contributed by atoms with E-state index < -0.39 is 0 Å². The number of phenols is 1. The first-order valence-electron chi connectivity index (χ1n) is 10.1. The van der Waals surface area contributed by atoms with Crippen molar-refractivity contribution in [2.75, 3.05) is 4.90 Å². The first-order chi connectivity index (χ1) is 15.5. The van der Waals surface area contributed by atoms with Crippen molar-refractivity contribution in [2.24, 2.45) is 0 Å². The van der Waals surface area contributed by atoms with Crippen molar-refractivity contribution in [2.45, 2.75) is 19.0 Å². The van der Waals surface area contributed by atoms with Crippen LogP contribution in [0.5, 0.6) is 5.75 Å². The van der Waals surface area contributed by atoms with Crippen molar-refractivity contribution >= 4 is 34.6 Å². The average Bonchev–Trinajstić information content (AvgIpc) is 3.36. The van der Waals surface area contributed by atoms with Gasteiger partial charge in [0.2, 0.25) is 0 Å². The molecule has 6 nitrogen and oxygen atoms in total. The van der Waals surface area contributed by atoms with E-state index in [4.69, 9.17) is 23.8 Å². The standard InChI is InChI=1S/C24H20ClN5OS/c1-15-7-9-19(29(15)17-5-4-11-26-14-17)23-22(18-6-2-3-12-27-18)28-24(32)30(23)20-13-16(25)8-10-21(20)31/h2-14,22-23,31H,1H3,(H,28,32)/t22-,23+/m0/s1. The maximum Gasteiger partial charge on any atom is 0.174 e. The van der Waals surface area contributed by atoms with Crippen LogP contribution in [0.2, 0.25) is 5.02 Å². The van der Waals surface area contributed by atoms with Crippen molar-refractivity contribution in [3.05, 3.63) is 101 Å². The number of phenolic OH excluding ortho intramolecular Hbond substituents is 1. The number of hydrogen-bond acceptors (Lipinski definition) is 4. The number of halogens is 1. The van der Waals surface area contributed by atoms with Crippen LogP contribution in [0, 0.1) is 6.92 Å². The lowest BCUT2D eigenvalue weighted by Crippen LogP contribution is -2.30. The van der Waals surface area contributed by atoms with E-state index >= 15 is 0 Å². The smallest absolute Gasteiger partial charge is 0.174 e. The van der Waals surface area contributed by atoms with Gasteiger partial charge in [-0.3, -0.25) is 9.97 Å². The number of benzene rings is 1. The highest BCUT2D eigenvalue weighted by atomic mass is 35.5. The van der Waals surface area contributed by atoms with E-state index in [9.17, 15) is 5.11 Å². The highest BCUT2D eigenvalue weighted by Crippen LogP contribution is 2.45. The lowest BCUT2D eigenvalue weighted by Gasteiger charge is -2.29. The van der Waals surface area contributed by atoms with Gasteiger partial charge in [-0.15, -0.1) is 0 Å². The predicted octanol–water partition coefficient (Wildman–Crippen LogP) is 5.11. The van der Waals surface area contributed by atoms with Gasteiger partial charge in [-0.05, 0) is 73.7 Å². The molecule has 0 amide bonds. The molecule has 0 aliphatic carbocycles. The van der Waals surface area contributed by atoms with Crippen LogP contribution in [0.4, 0.5) is 5.69 Å². The van der Waals surface area contributed by atoms with Crippen LogP contribution in [0.1, 0.15) is 29.2 Å². The zero-order valence-electron chi connectivity index (χ0n) is 17.2. The minimum Gasteiger partial charge on any atom is -0.506 e. The number of nitrogens with one attached hydrogen (secondary N) is 1. The monoisotopic (exact) mass is 461 g/mol. The summed E-state index contributed by atoms with van der Waals surface area (Å²) in [6.07, 6.45) is 5.34. The van der Waals surface area contributed by atoms with Crippen LogP contribution in [0.15, 0.2) is 79.3 Å². The van der Waals surface area contributed by atoms with Gasteiger partial charge in [0.25, 0.3) is 0 Å². The molecule has 1 aromatic carbocycles. The molecule has 5 rings (SSSR count). The summed E-state index contributed by atoms with van der Waals surface area (Å²) in [5, 5.41) is 15.1. The van der Waals surface area contributed by atoms with E-state index in [1.807, 2.05) is 48.4 Å². The molecule has 0 unspecified atom stereocenters. The van der Waals surface area contributed by atoms with Crippen LogP contribution in [-0.2, 0) is 0 Å². The largest absolute Gasteiger partial charge is 0.506 e. The predicted molar refractivity (Wildman–Crippen MR) is 129 cm³/mol. The van der Waals surface area contributed by atoms with E-state index in [-0.39, 0.29) is 17.8 Å². The second-order valence-electron chi connectivity index (χ2n) is 7.58. The summed E-state index contributed by atoms with van der Waals surface area (Å²) in [6, 6.07) is 18.3. The Morgan fingerprint density at radius 3 is 2.69 bits per heavy atom. The summed E-state index contributed by atoms with van der Waals surface area (Å²) >= 11 is 12.1. The van der Waals surface area contributed by atoms with E-state index in [1.165, 1.54) is 0 Å². The lowest BCUT2D eigenvalue weighted by molar-refractivity contribution is 0.472. The Kier molecular flexibility index (Phi) is 5.28. The summed E-state index contributed by atoms with van der Waals surface area (Å²) in [5.41, 5.74) is 4.37. The van der Waals surface area contributed by atoms with Crippen LogP contribution in [0.3, 0.4) is 0 Å². The number of nitrogens with zero attached hydrogens (tertiary/aromatic N) is 4. The lowest BCUT2D eigenvalue weighted by atomic mass is 10.0. The quantitative estimate of drug-likeness (QED) is 0.411. The number of aromatic hydroxyl groups is 1. The zero-order valence-corrected chi connectivity index (χ0v) is 18.8. The fraction of sp³-hybridized carbons (Fsp3) is 0.125. The Morgan fingerprint density at radius 2 is 1.94 bits per heavy atom. The fourth-order valence-corrected chi connectivity index (χ4v) is 4.74. The van der Waals surface area contributed by atoms with Gasteiger partial charge in [0.1, 0.15) is 11.8 Å². The van der Waals surface area contributed by atoms with E-state index in [2.05, 4.69) is 32.0 Å². The van der Waals surface area contributed by atoms with Gasteiger partial charge in [-0.25, -0.2) is 0 Å². The molecule has 32 heavy (non-hydrogen) atoms. The Balaban J connectivity index is 1.73. The van der Waals surface area contributed by atoms with Gasteiger partial charge in [-0.1, -0.05) is 17.7 Å². The summed E-state index contributed by atoms with van der Waals surface area (Å²) in [5.74, 6) is 0.0985. The third kappa shape index (κ3) is 3.49. The Labute approximate surface area is 196 Å². The molecule has 0 bridgehead atoms. The highest BCUT2D eigenvalue weighted by Gasteiger charge is 2.43. The van der Waals surface area contributed by atoms with Gasteiger partial charge in [0.15, 0.2) is 5.11 Å². The van der Waals surface area contributed by atoms with Crippen molar-refractivity contribution < 1.29 is 5.11 Å². The Morgan fingerprint density at radius 1 is 1.06 bits per heavy atom. The summed E-state index contributed by atoms with van der Waals surface area (Å²) in [4.78, 5) is 10.8. The molecule has 8 heteroatoms. The van der Waals surface area contributed by atoms with E-state index in [0.717, 1.165) is 22.8 Å². The topological polar surface area (TPSA) is 66.2 Å². The minimum atomic E-state index is -0.296. The van der Waals surface area contributed by atoms with Gasteiger partial charge >= 0.3 is 0 Å². The molecule has 2 atom stereocenters. The number of pyridine rings is 2. The molecule has 3 aromatic heterocycles. The molecule has 0 saturated carbocycles. The second kappa shape index (κ2) is 8.26. The van der Waals surface area contributed by atoms with Gasteiger partial charge in [0, 0.05) is 28.8 Å². The maximum absolute atomic E-state index is 10.7. The fourth-order valence-electron chi connectivity index (χ4n) is 4.23. The van der Waals surface area contributed by atoms with E-state index in [0.29, 0.717) is 15.8 Å². The van der Waals surface area contributed by atoms with Gasteiger partial charge in [-0.2, -0.15) is 0 Å². The normalized spacial score (nSPS) is 18.1. The Bertz CT molecular complexity index is 1280. The molecule has 160 valence electrons. The molecule has 0 spiro atoms. The molecular formula is C24H20ClN5OS. The molecular weight excluding hydrogens is 442 g/mol. The molecule has 1 saturated heterocycles. The molecule has 4 aromatic rings. The maximum atomic E-state index is 10.7. The number of anilines is 1. The number of thiocarbonyl (C=S) groups is 1. The molecule has 2 N–H and O–H groups in total. The Hall–Kier alpha value is -3.42. The third-order valence-corrected chi connectivity index (χ3v) is 6.16. The third-order valence-electron chi connectivity index (χ3n) is 5.61. The minimum absolute atomic E-state index is 0.0985. The van der Waals surface area contributed by atoms with Crippen molar-refractivity contribution in [3.63, 3.8) is 0 Å². The van der Waals surface area contributed by atoms with Crippen LogP contribution >= 0.6 is 23.8 Å². The number of aryl methyl sites for hydroxylation is 1. The summed E-state index contributed by atoms with van der Waals surface area (Å²) in [7, 11) is 0. The van der Waals surface area contributed by atoms with Crippen molar-refractivity contribution in [3.8, 4) is 11.4 Å². The molecule has 1 aliphatic rings. The van der Waals surface area contributed by atoms with Crippen LogP contribution in [-0.4, -0.2) is 24.8 Å². The number of aromatic nitrogens is 3. The zero-order chi connectivity index (χ0) is 22.2. The SMILES string of the molecule is Cc1ccc([C@@H]2[C@H](c3ccccn3)NC(=S)N2c2cc(Cl)ccc2O)n1-c1cccnc1. The summed E-state index contributed by atoms with van der Waals surface area (Å²) in [6.45, 7) is 2.05. The second-order valence-corrected chi connectivity index (χ2v) is 8.40. The summed E-state index contributed by atoms with van der Waals surface area (Å²) < 4.78 is 2.15. The molecule has 1 fully saturated rings. The molecule has 4 heterocycles.